The summed E-state index contributed by atoms with van der Waals surface area (Å²) in [4.78, 5) is 16.3. The standard InChI is InChI=1S/C13H16N4OS/c1-8-17-10(7-19-8)4-5-16-13(18)11-3-2-9(14)6-12(11)15/h2-3,6-7H,4-5,14-15H2,1H3,(H,16,18). The quantitative estimate of drug-likeness (QED) is 0.739. The Morgan fingerprint density at radius 1 is 1.42 bits per heavy atom. The second-order valence-electron chi connectivity index (χ2n) is 4.21. The van der Waals surface area contributed by atoms with E-state index in [-0.39, 0.29) is 5.91 Å². The Hall–Kier alpha value is -2.08. The molecule has 5 nitrogen and oxygen atoms in total. The lowest BCUT2D eigenvalue weighted by Crippen LogP contribution is -2.26. The van der Waals surface area contributed by atoms with Gasteiger partial charge in [-0.05, 0) is 25.1 Å². The van der Waals surface area contributed by atoms with Crippen molar-refractivity contribution in [3.05, 3.63) is 39.8 Å². The molecule has 2 aromatic rings. The molecule has 1 amide bonds. The SMILES string of the molecule is Cc1nc(CCNC(=O)c2ccc(N)cc2N)cs1. The number of hydrogen-bond donors (Lipinski definition) is 3. The molecule has 1 aromatic heterocycles. The van der Waals surface area contributed by atoms with Crippen LogP contribution in [0.3, 0.4) is 0 Å². The fraction of sp³-hybridized carbons (Fsp3) is 0.231. The van der Waals surface area contributed by atoms with Gasteiger partial charge in [-0.2, -0.15) is 0 Å². The second kappa shape index (κ2) is 5.71. The van der Waals surface area contributed by atoms with Gasteiger partial charge in [-0.25, -0.2) is 4.98 Å². The maximum absolute atomic E-state index is 11.9. The number of hydrogen-bond acceptors (Lipinski definition) is 5. The first-order chi connectivity index (χ1) is 9.06. The van der Waals surface area contributed by atoms with Crippen LogP contribution < -0.4 is 16.8 Å². The molecule has 100 valence electrons. The molecule has 0 aliphatic rings. The van der Waals surface area contributed by atoms with Crippen molar-refractivity contribution in [2.75, 3.05) is 18.0 Å². The number of anilines is 2. The number of benzene rings is 1. The topological polar surface area (TPSA) is 94.0 Å². The Morgan fingerprint density at radius 3 is 2.84 bits per heavy atom. The second-order valence-corrected chi connectivity index (χ2v) is 5.27. The van der Waals surface area contributed by atoms with Gasteiger partial charge in [0.05, 0.1) is 16.3 Å². The Kier molecular flexibility index (Phi) is 4.01. The third kappa shape index (κ3) is 3.45. The van der Waals surface area contributed by atoms with Gasteiger partial charge in [-0.15, -0.1) is 11.3 Å². The van der Waals surface area contributed by atoms with Crippen molar-refractivity contribution in [3.8, 4) is 0 Å². The Morgan fingerprint density at radius 2 is 2.21 bits per heavy atom. The number of aryl methyl sites for hydroxylation is 1. The maximum Gasteiger partial charge on any atom is 0.253 e. The van der Waals surface area contributed by atoms with Crippen LogP contribution in [0.5, 0.6) is 0 Å². The average Bonchev–Trinajstić information content (AvgIpc) is 2.75. The van der Waals surface area contributed by atoms with Gasteiger partial charge < -0.3 is 16.8 Å². The van der Waals surface area contributed by atoms with Gasteiger partial charge in [-0.1, -0.05) is 0 Å². The molecule has 1 heterocycles. The first kappa shape index (κ1) is 13.4. The van der Waals surface area contributed by atoms with Crippen LogP contribution in [-0.2, 0) is 6.42 Å². The number of nitrogens with one attached hydrogen (secondary N) is 1. The number of nitrogens with zero attached hydrogens (tertiary/aromatic N) is 1. The number of carbonyl (C=O) groups excluding carboxylic acids is 1. The van der Waals surface area contributed by atoms with Gasteiger partial charge >= 0.3 is 0 Å². The van der Waals surface area contributed by atoms with Crippen molar-refractivity contribution in [1.29, 1.82) is 0 Å². The summed E-state index contributed by atoms with van der Waals surface area (Å²) in [5.74, 6) is -0.190. The zero-order chi connectivity index (χ0) is 13.8. The number of thiazole rings is 1. The van der Waals surface area contributed by atoms with E-state index in [9.17, 15) is 4.79 Å². The molecule has 0 aliphatic carbocycles. The van der Waals surface area contributed by atoms with Crippen LogP contribution in [0.2, 0.25) is 0 Å². The molecule has 0 aliphatic heterocycles. The van der Waals surface area contributed by atoms with Crippen molar-refractivity contribution in [1.82, 2.24) is 10.3 Å². The lowest BCUT2D eigenvalue weighted by molar-refractivity contribution is 0.0955. The van der Waals surface area contributed by atoms with Crippen molar-refractivity contribution < 1.29 is 4.79 Å². The normalized spacial score (nSPS) is 10.4. The first-order valence-electron chi connectivity index (χ1n) is 5.90. The molecule has 0 saturated carbocycles. The van der Waals surface area contributed by atoms with Crippen LogP contribution in [0.1, 0.15) is 21.1 Å². The molecule has 19 heavy (non-hydrogen) atoms. The van der Waals surface area contributed by atoms with E-state index in [1.165, 1.54) is 0 Å². The number of amides is 1. The smallest absolute Gasteiger partial charge is 0.253 e. The molecule has 0 unspecified atom stereocenters. The monoisotopic (exact) mass is 276 g/mol. The molecular weight excluding hydrogens is 260 g/mol. The minimum absolute atomic E-state index is 0.190. The van der Waals surface area contributed by atoms with E-state index in [0.29, 0.717) is 29.9 Å². The van der Waals surface area contributed by atoms with Crippen LogP contribution in [-0.4, -0.2) is 17.4 Å². The van der Waals surface area contributed by atoms with Crippen molar-refractivity contribution in [3.63, 3.8) is 0 Å². The van der Waals surface area contributed by atoms with Crippen molar-refractivity contribution in [2.45, 2.75) is 13.3 Å². The highest BCUT2D eigenvalue weighted by atomic mass is 32.1. The van der Waals surface area contributed by atoms with Crippen molar-refractivity contribution in [2.24, 2.45) is 0 Å². The van der Waals surface area contributed by atoms with Crippen molar-refractivity contribution >= 4 is 28.6 Å². The largest absolute Gasteiger partial charge is 0.399 e. The summed E-state index contributed by atoms with van der Waals surface area (Å²) < 4.78 is 0. The van der Waals surface area contributed by atoms with Gasteiger partial charge in [-0.3, -0.25) is 4.79 Å². The maximum atomic E-state index is 11.9. The molecule has 0 spiro atoms. The Balaban J connectivity index is 1.90. The van der Waals surface area contributed by atoms with E-state index in [2.05, 4.69) is 10.3 Å². The lowest BCUT2D eigenvalue weighted by atomic mass is 10.1. The molecule has 0 fully saturated rings. The number of nitrogen functional groups attached to an aromatic ring is 2. The fourth-order valence-electron chi connectivity index (χ4n) is 1.71. The number of nitrogens with two attached hydrogens (primary N) is 2. The molecule has 0 saturated heterocycles. The molecule has 1 aromatic carbocycles. The minimum atomic E-state index is -0.190. The van der Waals surface area contributed by atoms with Gasteiger partial charge in [0, 0.05) is 29.7 Å². The van der Waals surface area contributed by atoms with E-state index in [1.54, 1.807) is 29.5 Å². The summed E-state index contributed by atoms with van der Waals surface area (Å²) >= 11 is 1.61. The summed E-state index contributed by atoms with van der Waals surface area (Å²) in [6, 6.07) is 4.88. The zero-order valence-corrected chi connectivity index (χ0v) is 11.5. The molecule has 5 N–H and O–H groups in total. The van der Waals surface area contributed by atoms with Crippen LogP contribution in [0.25, 0.3) is 0 Å². The Labute approximate surface area is 115 Å². The van der Waals surface area contributed by atoms with Gasteiger partial charge in [0.1, 0.15) is 0 Å². The highest BCUT2D eigenvalue weighted by Gasteiger charge is 2.09. The van der Waals surface area contributed by atoms with Crippen LogP contribution in [0, 0.1) is 6.92 Å². The zero-order valence-electron chi connectivity index (χ0n) is 10.6. The van der Waals surface area contributed by atoms with Crippen LogP contribution >= 0.6 is 11.3 Å². The third-order valence-electron chi connectivity index (χ3n) is 2.65. The molecule has 0 radical (unpaired) electrons. The van der Waals surface area contributed by atoms with E-state index >= 15 is 0 Å². The number of aromatic nitrogens is 1. The third-order valence-corrected chi connectivity index (χ3v) is 3.48. The average molecular weight is 276 g/mol. The Bertz CT molecular complexity index is 594. The summed E-state index contributed by atoms with van der Waals surface area (Å²) in [5.41, 5.74) is 13.7. The minimum Gasteiger partial charge on any atom is -0.399 e. The lowest BCUT2D eigenvalue weighted by Gasteiger charge is -2.07. The fourth-order valence-corrected chi connectivity index (χ4v) is 2.36. The molecule has 0 atom stereocenters. The molecule has 0 bridgehead atoms. The number of rotatable bonds is 4. The van der Waals surface area contributed by atoms with Gasteiger partial charge in [0.2, 0.25) is 0 Å². The van der Waals surface area contributed by atoms with Gasteiger partial charge in [0.15, 0.2) is 0 Å². The highest BCUT2D eigenvalue weighted by molar-refractivity contribution is 7.09. The van der Waals surface area contributed by atoms with Gasteiger partial charge in [0.25, 0.3) is 5.91 Å². The first-order valence-corrected chi connectivity index (χ1v) is 6.78. The predicted octanol–water partition coefficient (Wildman–Crippen LogP) is 1.59. The molecule has 2 rings (SSSR count). The molecule has 6 heteroatoms. The summed E-state index contributed by atoms with van der Waals surface area (Å²) in [6.07, 6.45) is 0.713. The summed E-state index contributed by atoms with van der Waals surface area (Å²) in [7, 11) is 0. The van der Waals surface area contributed by atoms with E-state index in [1.807, 2.05) is 12.3 Å². The predicted molar refractivity (Wildman–Crippen MR) is 78.2 cm³/mol. The van der Waals surface area contributed by atoms with E-state index in [0.717, 1.165) is 10.7 Å². The van der Waals surface area contributed by atoms with E-state index in [4.69, 9.17) is 11.5 Å². The summed E-state index contributed by atoms with van der Waals surface area (Å²) in [6.45, 7) is 2.49. The highest BCUT2D eigenvalue weighted by Crippen LogP contribution is 2.15. The van der Waals surface area contributed by atoms with Crippen LogP contribution in [0.4, 0.5) is 11.4 Å². The molecular formula is C13H16N4OS. The van der Waals surface area contributed by atoms with E-state index < -0.39 is 0 Å². The summed E-state index contributed by atoms with van der Waals surface area (Å²) in [5, 5.41) is 5.85. The van der Waals surface area contributed by atoms with Crippen LogP contribution in [0.15, 0.2) is 23.6 Å². The number of carbonyl (C=O) groups is 1.